The molecule has 4 nitrogen and oxygen atoms in total. The van der Waals surface area contributed by atoms with Crippen molar-refractivity contribution in [3.8, 4) is 0 Å². The number of hydrogen-bond acceptors (Lipinski definition) is 3. The normalized spacial score (nSPS) is 23.4. The first-order chi connectivity index (χ1) is 17.4. The number of nitrogens with one attached hydrogen (secondary N) is 1. The van der Waals surface area contributed by atoms with Crippen molar-refractivity contribution in [2.75, 3.05) is 17.4 Å². The second-order valence-corrected chi connectivity index (χ2v) is 15.8. The van der Waals surface area contributed by atoms with Gasteiger partial charge in [-0.3, -0.25) is 0 Å². The number of rotatable bonds is 6. The molecule has 36 heavy (non-hydrogen) atoms. The van der Waals surface area contributed by atoms with E-state index in [4.69, 9.17) is 4.74 Å². The van der Waals surface area contributed by atoms with Gasteiger partial charge in [0.1, 0.15) is 0 Å². The Labute approximate surface area is 219 Å². The molecule has 4 atom stereocenters. The van der Waals surface area contributed by atoms with E-state index in [-0.39, 0.29) is 15.7 Å². The van der Waals surface area contributed by atoms with Crippen LogP contribution in [0.4, 0.5) is 14.9 Å². The number of ether oxygens (including phenoxy) is 1. The van der Waals surface area contributed by atoms with Crippen molar-refractivity contribution in [1.82, 2.24) is 0 Å². The maximum absolute atomic E-state index is 14.2. The fourth-order valence-corrected chi connectivity index (χ4v) is 10.6. The molecule has 2 aliphatic carbocycles. The second-order valence-electron chi connectivity index (χ2n) is 10.1. The van der Waals surface area contributed by atoms with Gasteiger partial charge in [-0.15, -0.1) is 0 Å². The molecule has 0 heterocycles. The van der Waals surface area contributed by atoms with Crippen LogP contribution in [-0.4, -0.2) is 25.8 Å². The molecule has 0 spiro atoms. The molecule has 0 saturated heterocycles. The first-order valence-electron chi connectivity index (χ1n) is 12.7. The zero-order chi connectivity index (χ0) is 25.4. The molecule has 2 fully saturated rings. The van der Waals surface area contributed by atoms with Crippen LogP contribution in [0, 0.1) is 17.7 Å². The Hall–Kier alpha value is -2.48. The minimum absolute atomic E-state index is 0.165. The molecule has 2 aliphatic rings. The fraction of sp³-hybridized carbons (Fsp3) is 0.400. The van der Waals surface area contributed by atoms with Gasteiger partial charge in [-0.05, 0) is 0 Å². The molecule has 1 amide bonds. The number of carbonyl (C=O) groups excluding carboxylic acids is 2. The molecule has 2 unspecified atom stereocenters. The van der Waals surface area contributed by atoms with Crippen molar-refractivity contribution >= 4 is 46.2 Å². The van der Waals surface area contributed by atoms with E-state index in [2.05, 4.69) is 29.3 Å². The molecule has 3 aromatic carbocycles. The van der Waals surface area contributed by atoms with Crippen molar-refractivity contribution in [2.24, 2.45) is 11.8 Å². The number of benzene rings is 3. The van der Waals surface area contributed by atoms with Crippen molar-refractivity contribution in [1.29, 1.82) is 0 Å². The van der Waals surface area contributed by atoms with Gasteiger partial charge in [0.2, 0.25) is 0 Å². The van der Waals surface area contributed by atoms with E-state index in [9.17, 15) is 14.0 Å². The molecule has 1 N–H and O–H groups in total. The summed E-state index contributed by atoms with van der Waals surface area (Å²) in [7, 11) is 1.36. The van der Waals surface area contributed by atoms with Gasteiger partial charge in [0.15, 0.2) is 0 Å². The summed E-state index contributed by atoms with van der Waals surface area (Å²) in [6.45, 7) is 2.15. The van der Waals surface area contributed by atoms with Gasteiger partial charge in [0.25, 0.3) is 0 Å². The standard InChI is InChI=1S/C30H33FINO3/c1-4-18-7-11-27(28-17-23(31)8-12-26(18)28)22-13-20-15-24(16-21(20)14-22)32(2)30(35)33-25-9-5-19(6-10-25)29(34)36-3/h5-12,17,20-22,24H,4,13-16H2,1-3H3,(H,33,35)/t20-,21+,22?,24?. The van der Waals surface area contributed by atoms with E-state index >= 15 is 0 Å². The Bertz CT molecular complexity index is 1280. The van der Waals surface area contributed by atoms with Gasteiger partial charge < -0.3 is 0 Å². The van der Waals surface area contributed by atoms with Crippen molar-refractivity contribution in [2.45, 2.75) is 48.9 Å². The van der Waals surface area contributed by atoms with Gasteiger partial charge in [-0.2, -0.15) is 0 Å². The summed E-state index contributed by atoms with van der Waals surface area (Å²) in [4.78, 5) is 26.9. The number of carbonyl (C=O) groups is 2. The summed E-state index contributed by atoms with van der Waals surface area (Å²) in [6.07, 6.45) is 5.49. The van der Waals surface area contributed by atoms with Gasteiger partial charge in [0, 0.05) is 0 Å². The third-order valence-electron chi connectivity index (χ3n) is 8.16. The molecule has 2 saturated carbocycles. The third kappa shape index (κ3) is 4.89. The average Bonchev–Trinajstić information content (AvgIpc) is 3.47. The summed E-state index contributed by atoms with van der Waals surface area (Å²) in [6, 6.07) is 16.6. The fourth-order valence-electron chi connectivity index (χ4n) is 6.27. The molecular weight excluding hydrogens is 568 g/mol. The zero-order valence-corrected chi connectivity index (χ0v) is 23.2. The molecule has 190 valence electrons. The van der Waals surface area contributed by atoms with Crippen LogP contribution in [0.25, 0.3) is 10.8 Å². The van der Waals surface area contributed by atoms with Crippen LogP contribution in [-0.2, 0) is 11.2 Å². The number of esters is 1. The topological polar surface area (TPSA) is 55.4 Å². The van der Waals surface area contributed by atoms with Crippen molar-refractivity contribution in [3.05, 3.63) is 77.1 Å². The van der Waals surface area contributed by atoms with Gasteiger partial charge in [0.05, 0.1) is 0 Å². The predicted octanol–water partition coefficient (Wildman–Crippen LogP) is 7.97. The number of halogens is 2. The molecule has 3 aromatic rings. The molecule has 0 radical (unpaired) electrons. The first kappa shape index (κ1) is 25.2. The van der Waals surface area contributed by atoms with Crippen molar-refractivity contribution in [3.63, 3.8) is 0 Å². The number of aryl methyl sites for hydroxylation is 1. The molecule has 0 aliphatic heterocycles. The number of methoxy groups -OCH3 is 1. The summed E-state index contributed by atoms with van der Waals surface area (Å²) >= 11 is -1.86. The van der Waals surface area contributed by atoms with Crippen molar-refractivity contribution < 1.29 is 18.7 Å². The van der Waals surface area contributed by atoms with E-state index in [1.165, 1.54) is 23.6 Å². The van der Waals surface area contributed by atoms with Crippen LogP contribution >= 0.6 is 19.8 Å². The van der Waals surface area contributed by atoms with E-state index < -0.39 is 19.8 Å². The van der Waals surface area contributed by atoms with E-state index in [0.29, 0.717) is 27.2 Å². The van der Waals surface area contributed by atoms with Crippen LogP contribution in [0.2, 0.25) is 0 Å². The molecule has 6 heteroatoms. The Morgan fingerprint density at radius 1 is 0.972 bits per heavy atom. The van der Waals surface area contributed by atoms with E-state index in [0.717, 1.165) is 43.2 Å². The SMILES string of the molecule is CCc1ccc(C2C[C@@H]3CC(I(C)C(=O)Nc4ccc(C(=O)OC)cc4)C[C@@H]3C2)c2cc(F)ccc12. The maximum atomic E-state index is 14.2. The third-order valence-corrected chi connectivity index (χ3v) is 13.6. The van der Waals surface area contributed by atoms with Crippen LogP contribution in [0.15, 0.2) is 54.6 Å². The second kappa shape index (κ2) is 10.5. The van der Waals surface area contributed by atoms with Crippen LogP contribution in [0.1, 0.15) is 60.0 Å². The Morgan fingerprint density at radius 3 is 2.31 bits per heavy atom. The molecule has 5 rings (SSSR count). The number of amides is 1. The minimum atomic E-state index is -1.86. The van der Waals surface area contributed by atoms with Crippen LogP contribution in [0.5, 0.6) is 0 Å². The first-order valence-corrected chi connectivity index (χ1v) is 17.1. The van der Waals surface area contributed by atoms with E-state index in [1.807, 2.05) is 6.07 Å². The van der Waals surface area contributed by atoms with Gasteiger partial charge in [-0.25, -0.2) is 0 Å². The summed E-state index contributed by atoms with van der Waals surface area (Å²) < 4.78 is 19.6. The van der Waals surface area contributed by atoms with E-state index in [1.54, 1.807) is 36.4 Å². The Balaban J connectivity index is 1.23. The predicted molar refractivity (Wildman–Crippen MR) is 152 cm³/mol. The van der Waals surface area contributed by atoms with Gasteiger partial charge in [-0.1, -0.05) is 0 Å². The molecular formula is C30H33FINO3. The number of hydrogen-bond donors (Lipinski definition) is 1. The number of alkyl halides is 2. The average molecular weight is 602 g/mol. The summed E-state index contributed by atoms with van der Waals surface area (Å²) in [5, 5.41) is 5.35. The summed E-state index contributed by atoms with van der Waals surface area (Å²) in [5.74, 6) is 1.23. The number of fused-ring (bicyclic) bond motifs is 2. The monoisotopic (exact) mass is 601 g/mol. The zero-order valence-electron chi connectivity index (χ0n) is 21.0. The van der Waals surface area contributed by atoms with Crippen LogP contribution < -0.4 is 5.32 Å². The Kier molecular flexibility index (Phi) is 7.33. The molecule has 0 aromatic heterocycles. The number of anilines is 1. The summed E-state index contributed by atoms with van der Waals surface area (Å²) in [5.41, 5.74) is 3.77. The molecule has 0 bridgehead atoms. The van der Waals surface area contributed by atoms with Crippen LogP contribution in [0.3, 0.4) is 0 Å². The van der Waals surface area contributed by atoms with Gasteiger partial charge >= 0.3 is 220 Å². The Morgan fingerprint density at radius 2 is 1.67 bits per heavy atom. The quantitative estimate of drug-likeness (QED) is 0.103.